The number of carbonyl (C=O) groups excluding carboxylic acids is 1. The van der Waals surface area contributed by atoms with Crippen LogP contribution in [-0.4, -0.2) is 34.6 Å². The number of aromatic nitrogens is 3. The summed E-state index contributed by atoms with van der Waals surface area (Å²) >= 11 is 0. The molecule has 5 rings (SSSR count). The lowest BCUT2D eigenvalue weighted by Crippen LogP contribution is -2.36. The molecular weight excluding hydrogens is 386 g/mol. The van der Waals surface area contributed by atoms with E-state index in [9.17, 15) is 4.79 Å². The lowest BCUT2D eigenvalue weighted by atomic mass is 9.73. The summed E-state index contributed by atoms with van der Waals surface area (Å²) in [7, 11) is 4.04. The Bertz CT molecular complexity index is 1170. The van der Waals surface area contributed by atoms with Gasteiger partial charge in [0.05, 0.1) is 0 Å². The number of Topliss-reactive ketones (excluding diaryl/α,β-unsaturated/α-hetero) is 1. The van der Waals surface area contributed by atoms with E-state index in [1.54, 1.807) is 0 Å². The predicted molar refractivity (Wildman–Crippen MR) is 123 cm³/mol. The summed E-state index contributed by atoms with van der Waals surface area (Å²) in [5, 5.41) is 8.30. The van der Waals surface area contributed by atoms with Crippen molar-refractivity contribution in [1.29, 1.82) is 0 Å². The maximum Gasteiger partial charge on any atom is 0.226 e. The average molecular weight is 414 g/mol. The van der Waals surface area contributed by atoms with Crippen LogP contribution in [0.1, 0.15) is 38.3 Å². The minimum atomic E-state index is -0.265. The highest BCUT2D eigenvalue weighted by Crippen LogP contribution is 2.45. The van der Waals surface area contributed by atoms with Crippen LogP contribution in [0.15, 0.2) is 65.9 Å². The molecule has 2 aliphatic rings. The highest BCUT2D eigenvalue weighted by atomic mass is 16.1. The number of nitrogens with zero attached hydrogens (tertiary/aromatic N) is 4. The molecule has 158 valence electrons. The standard InChI is InChI=1S/C25H27N5O/c1-25(2)14-19-21(20(31)15-25)22(16-8-6-5-7-9-16)30-24(26-19)27-23(28-30)17-10-12-18(13-11-17)29(3)4/h5-13,22H,14-15H2,1-4H3,(H,26,27,28). The van der Waals surface area contributed by atoms with Gasteiger partial charge in [-0.2, -0.15) is 4.98 Å². The van der Waals surface area contributed by atoms with Gasteiger partial charge in [-0.25, -0.2) is 4.68 Å². The molecule has 31 heavy (non-hydrogen) atoms. The topological polar surface area (TPSA) is 63.1 Å². The van der Waals surface area contributed by atoms with Crippen molar-refractivity contribution in [2.45, 2.75) is 32.7 Å². The molecule has 6 heteroatoms. The second kappa shape index (κ2) is 7.08. The molecule has 1 unspecified atom stereocenters. The summed E-state index contributed by atoms with van der Waals surface area (Å²) in [5.74, 6) is 1.52. The van der Waals surface area contributed by atoms with E-state index in [-0.39, 0.29) is 17.2 Å². The Morgan fingerprint density at radius 3 is 2.42 bits per heavy atom. The summed E-state index contributed by atoms with van der Waals surface area (Å²) in [6.07, 6.45) is 1.36. The molecule has 1 atom stereocenters. The molecule has 0 saturated carbocycles. The van der Waals surface area contributed by atoms with Gasteiger partial charge in [0.15, 0.2) is 11.6 Å². The fourth-order valence-corrected chi connectivity index (χ4v) is 4.58. The Kier molecular flexibility index (Phi) is 4.46. The number of ketones is 1. The maximum atomic E-state index is 13.3. The van der Waals surface area contributed by atoms with Gasteiger partial charge in [0.2, 0.25) is 5.95 Å². The first kappa shape index (κ1) is 19.5. The number of fused-ring (bicyclic) bond motifs is 1. The van der Waals surface area contributed by atoms with Crippen molar-refractivity contribution in [3.8, 4) is 11.4 Å². The summed E-state index contributed by atoms with van der Waals surface area (Å²) in [4.78, 5) is 20.1. The third kappa shape index (κ3) is 3.42. The number of allylic oxidation sites excluding steroid dienone is 2. The Balaban J connectivity index is 1.62. The van der Waals surface area contributed by atoms with Crippen LogP contribution in [0.25, 0.3) is 11.4 Å². The Morgan fingerprint density at radius 2 is 1.74 bits per heavy atom. The Morgan fingerprint density at radius 1 is 1.03 bits per heavy atom. The van der Waals surface area contributed by atoms with Crippen LogP contribution in [-0.2, 0) is 4.79 Å². The molecule has 0 fully saturated rings. The van der Waals surface area contributed by atoms with Gasteiger partial charge in [-0.3, -0.25) is 4.79 Å². The van der Waals surface area contributed by atoms with Crippen LogP contribution < -0.4 is 10.2 Å². The smallest absolute Gasteiger partial charge is 0.226 e. The van der Waals surface area contributed by atoms with E-state index in [0.717, 1.165) is 34.5 Å². The van der Waals surface area contributed by atoms with Crippen LogP contribution in [0.5, 0.6) is 0 Å². The van der Waals surface area contributed by atoms with Gasteiger partial charge in [0, 0.05) is 43.0 Å². The minimum absolute atomic E-state index is 0.0722. The molecule has 0 amide bonds. The van der Waals surface area contributed by atoms with E-state index < -0.39 is 0 Å². The SMILES string of the molecule is CN(C)c1ccc(-c2nc3n(n2)C(c2ccccc2)C2=C(CC(C)(C)CC2=O)N3)cc1. The van der Waals surface area contributed by atoms with Crippen molar-refractivity contribution in [3.63, 3.8) is 0 Å². The maximum absolute atomic E-state index is 13.3. The highest BCUT2D eigenvalue weighted by molar-refractivity contribution is 6.00. The highest BCUT2D eigenvalue weighted by Gasteiger charge is 2.41. The van der Waals surface area contributed by atoms with Crippen molar-refractivity contribution in [2.75, 3.05) is 24.3 Å². The zero-order chi connectivity index (χ0) is 21.8. The van der Waals surface area contributed by atoms with Gasteiger partial charge in [-0.15, -0.1) is 5.10 Å². The molecule has 2 aromatic carbocycles. The van der Waals surface area contributed by atoms with E-state index in [0.29, 0.717) is 18.2 Å². The van der Waals surface area contributed by atoms with Gasteiger partial charge in [0.1, 0.15) is 6.04 Å². The molecule has 1 aliphatic carbocycles. The van der Waals surface area contributed by atoms with E-state index in [1.165, 1.54) is 0 Å². The molecule has 1 aliphatic heterocycles. The molecule has 3 aromatic rings. The summed E-state index contributed by atoms with van der Waals surface area (Å²) < 4.78 is 1.87. The third-order valence-electron chi connectivity index (χ3n) is 6.09. The largest absolute Gasteiger partial charge is 0.378 e. The van der Waals surface area contributed by atoms with E-state index in [4.69, 9.17) is 10.1 Å². The van der Waals surface area contributed by atoms with Gasteiger partial charge in [0.25, 0.3) is 0 Å². The zero-order valence-electron chi connectivity index (χ0n) is 18.4. The molecule has 1 N–H and O–H groups in total. The molecule has 2 heterocycles. The van der Waals surface area contributed by atoms with E-state index in [2.05, 4.69) is 48.3 Å². The fraction of sp³-hybridized carbons (Fsp3) is 0.320. The number of benzene rings is 2. The number of nitrogens with one attached hydrogen (secondary N) is 1. The third-order valence-corrected chi connectivity index (χ3v) is 6.09. The number of rotatable bonds is 3. The van der Waals surface area contributed by atoms with Crippen molar-refractivity contribution < 1.29 is 4.79 Å². The van der Waals surface area contributed by atoms with Crippen LogP contribution in [0, 0.1) is 5.41 Å². The molecule has 1 aromatic heterocycles. The van der Waals surface area contributed by atoms with Gasteiger partial charge in [-0.05, 0) is 41.7 Å². The number of hydrogen-bond donors (Lipinski definition) is 1. The summed E-state index contributed by atoms with van der Waals surface area (Å²) in [6.45, 7) is 4.29. The monoisotopic (exact) mass is 413 g/mol. The van der Waals surface area contributed by atoms with E-state index in [1.807, 2.05) is 49.1 Å². The number of carbonyl (C=O) groups is 1. The zero-order valence-corrected chi connectivity index (χ0v) is 18.4. The molecule has 6 nitrogen and oxygen atoms in total. The second-order valence-electron chi connectivity index (χ2n) is 9.42. The van der Waals surface area contributed by atoms with Crippen LogP contribution in [0.4, 0.5) is 11.6 Å². The normalized spacial score (nSPS) is 19.5. The lowest BCUT2D eigenvalue weighted by molar-refractivity contribution is -0.118. The summed E-state index contributed by atoms with van der Waals surface area (Å²) in [6, 6.07) is 18.1. The lowest BCUT2D eigenvalue weighted by Gasteiger charge is -2.38. The van der Waals surface area contributed by atoms with Crippen molar-refractivity contribution in [1.82, 2.24) is 14.8 Å². The molecule has 0 bridgehead atoms. The molecule has 0 spiro atoms. The predicted octanol–water partition coefficient (Wildman–Crippen LogP) is 4.67. The summed E-state index contributed by atoms with van der Waals surface area (Å²) in [5.41, 5.74) is 4.84. The van der Waals surface area contributed by atoms with Crippen molar-refractivity contribution in [3.05, 3.63) is 71.4 Å². The quantitative estimate of drug-likeness (QED) is 0.676. The van der Waals surface area contributed by atoms with Crippen LogP contribution in [0.2, 0.25) is 0 Å². The van der Waals surface area contributed by atoms with Crippen LogP contribution >= 0.6 is 0 Å². The number of anilines is 2. The molecule has 0 radical (unpaired) electrons. The Labute approximate surface area is 182 Å². The molecule has 0 saturated heterocycles. The second-order valence-corrected chi connectivity index (χ2v) is 9.42. The van der Waals surface area contributed by atoms with Gasteiger partial charge >= 0.3 is 0 Å². The fourth-order valence-electron chi connectivity index (χ4n) is 4.58. The minimum Gasteiger partial charge on any atom is -0.378 e. The van der Waals surface area contributed by atoms with E-state index >= 15 is 0 Å². The van der Waals surface area contributed by atoms with Gasteiger partial charge in [-0.1, -0.05) is 44.2 Å². The van der Waals surface area contributed by atoms with Crippen LogP contribution in [0.3, 0.4) is 0 Å². The van der Waals surface area contributed by atoms with Gasteiger partial charge < -0.3 is 10.2 Å². The first-order chi connectivity index (χ1) is 14.8. The Hall–Kier alpha value is -3.41. The van der Waals surface area contributed by atoms with Crippen molar-refractivity contribution >= 4 is 17.4 Å². The molecular formula is C25H27N5O. The average Bonchev–Trinajstić information content (AvgIpc) is 3.15. The number of hydrogen-bond acceptors (Lipinski definition) is 5. The first-order valence-electron chi connectivity index (χ1n) is 10.6. The first-order valence-corrected chi connectivity index (χ1v) is 10.6. The van der Waals surface area contributed by atoms with Crippen molar-refractivity contribution in [2.24, 2.45) is 5.41 Å².